The number of benzene rings is 2. The fourth-order valence-corrected chi connectivity index (χ4v) is 5.37. The average Bonchev–Trinajstić information content (AvgIpc) is 2.73. The van der Waals surface area contributed by atoms with E-state index >= 15 is 0 Å². The number of nitrogens with zero attached hydrogens (tertiary/aromatic N) is 1. The van der Waals surface area contributed by atoms with Gasteiger partial charge in [0.25, 0.3) is 10.0 Å². The van der Waals surface area contributed by atoms with Crippen LogP contribution in [0.4, 0.5) is 5.69 Å². The quantitative estimate of drug-likeness (QED) is 0.673. The first-order chi connectivity index (χ1) is 13.4. The highest BCUT2D eigenvalue weighted by atomic mass is 35.5. The van der Waals surface area contributed by atoms with Gasteiger partial charge in [0.05, 0.1) is 22.7 Å². The lowest BCUT2D eigenvalue weighted by Gasteiger charge is -2.22. The molecule has 28 heavy (non-hydrogen) atoms. The molecule has 0 aromatic heterocycles. The van der Waals surface area contributed by atoms with Crippen molar-refractivity contribution in [1.82, 2.24) is 5.32 Å². The predicted octanol–water partition coefficient (Wildman–Crippen LogP) is 4.36. The van der Waals surface area contributed by atoms with E-state index in [1.165, 1.54) is 4.31 Å². The summed E-state index contributed by atoms with van der Waals surface area (Å²) < 4.78 is 33.3. The van der Waals surface area contributed by atoms with Crippen LogP contribution in [0.1, 0.15) is 43.9 Å². The van der Waals surface area contributed by atoms with E-state index in [0.717, 1.165) is 30.5 Å². The van der Waals surface area contributed by atoms with E-state index in [0.29, 0.717) is 17.3 Å². The number of hydrogen-bond acceptors (Lipinski definition) is 4. The first-order valence-corrected chi connectivity index (χ1v) is 11.4. The van der Waals surface area contributed by atoms with Crippen LogP contribution in [0.3, 0.4) is 0 Å². The Morgan fingerprint density at radius 2 is 1.96 bits per heavy atom. The molecule has 3 rings (SSSR count). The maximum absolute atomic E-state index is 13.2. The Kier molecular flexibility index (Phi) is 6.65. The Morgan fingerprint density at radius 1 is 1.21 bits per heavy atom. The molecule has 1 aliphatic heterocycles. The Labute approximate surface area is 172 Å². The summed E-state index contributed by atoms with van der Waals surface area (Å²) in [4.78, 5) is 0.249. The molecule has 1 heterocycles. The van der Waals surface area contributed by atoms with Gasteiger partial charge in [-0.2, -0.15) is 0 Å². The second kappa shape index (κ2) is 8.82. The number of hydrogen-bond donors (Lipinski definition) is 1. The first kappa shape index (κ1) is 21.1. The average molecular weight is 423 g/mol. The predicted molar refractivity (Wildman–Crippen MR) is 114 cm³/mol. The van der Waals surface area contributed by atoms with Crippen molar-refractivity contribution in [1.29, 1.82) is 0 Å². The molecule has 2 aromatic rings. The highest BCUT2D eigenvalue weighted by Gasteiger charge is 2.34. The summed E-state index contributed by atoms with van der Waals surface area (Å²) in [6, 6.07) is 12.5. The largest absolute Gasteiger partial charge is 0.379 e. The van der Waals surface area contributed by atoms with Crippen LogP contribution in [0.25, 0.3) is 0 Å². The maximum Gasteiger partial charge on any atom is 0.264 e. The summed E-state index contributed by atoms with van der Waals surface area (Å²) in [5.74, 6) is 0. The van der Waals surface area contributed by atoms with Crippen molar-refractivity contribution in [2.75, 3.05) is 24.5 Å². The van der Waals surface area contributed by atoms with Gasteiger partial charge in [-0.1, -0.05) is 35.9 Å². The van der Waals surface area contributed by atoms with Gasteiger partial charge in [-0.25, -0.2) is 8.42 Å². The minimum Gasteiger partial charge on any atom is -0.379 e. The van der Waals surface area contributed by atoms with Crippen molar-refractivity contribution in [3.8, 4) is 0 Å². The molecule has 0 radical (unpaired) electrons. The number of nitrogens with one attached hydrogen (secondary N) is 1. The number of rotatable bonds is 7. The van der Waals surface area contributed by atoms with Crippen molar-refractivity contribution in [3.05, 3.63) is 58.6 Å². The van der Waals surface area contributed by atoms with Gasteiger partial charge in [-0.3, -0.25) is 4.31 Å². The van der Waals surface area contributed by atoms with Crippen molar-refractivity contribution in [2.45, 2.75) is 43.7 Å². The monoisotopic (exact) mass is 422 g/mol. The molecule has 2 aromatic carbocycles. The molecular formula is C21H27ClN2O3S. The lowest BCUT2D eigenvalue weighted by molar-refractivity contribution is 0.0688. The van der Waals surface area contributed by atoms with Crippen LogP contribution in [0.5, 0.6) is 0 Å². The topological polar surface area (TPSA) is 58.6 Å². The van der Waals surface area contributed by atoms with Crippen LogP contribution in [0, 0.1) is 0 Å². The maximum atomic E-state index is 13.2. The fraction of sp³-hybridized carbons (Fsp3) is 0.429. The van der Waals surface area contributed by atoms with E-state index in [1.807, 2.05) is 37.3 Å². The molecule has 0 saturated carbocycles. The zero-order valence-corrected chi connectivity index (χ0v) is 18.1. The van der Waals surface area contributed by atoms with Crippen LogP contribution in [-0.4, -0.2) is 34.7 Å². The first-order valence-electron chi connectivity index (χ1n) is 9.58. The molecule has 2 atom stereocenters. The van der Waals surface area contributed by atoms with Gasteiger partial charge >= 0.3 is 0 Å². The van der Waals surface area contributed by atoms with Gasteiger partial charge in [0.1, 0.15) is 0 Å². The Balaban J connectivity index is 1.96. The summed E-state index contributed by atoms with van der Waals surface area (Å²) in [6.45, 7) is 5.53. The lowest BCUT2D eigenvalue weighted by atomic mass is 9.96. The second-order valence-electron chi connectivity index (χ2n) is 7.01. The molecule has 0 aliphatic carbocycles. The molecule has 7 heteroatoms. The standard InChI is InChI=1S/C21H27ClN2O3S/c1-4-27-15(2)8-7-13-23-21-17-9-5-6-10-19(17)24(3)28(25,26)20-14-16(22)11-12-18(20)21/h5-6,9-12,14-15,21,23H,4,7-8,13H2,1-3H3. The molecule has 0 spiro atoms. The molecule has 5 nitrogen and oxygen atoms in total. The number of halogens is 1. The van der Waals surface area contributed by atoms with Gasteiger partial charge in [0, 0.05) is 18.7 Å². The van der Waals surface area contributed by atoms with Crippen LogP contribution in [0.2, 0.25) is 5.02 Å². The Hall–Kier alpha value is -1.60. The molecule has 2 unspecified atom stereocenters. The van der Waals surface area contributed by atoms with Crippen molar-refractivity contribution < 1.29 is 13.2 Å². The van der Waals surface area contributed by atoms with Crippen molar-refractivity contribution >= 4 is 27.3 Å². The molecule has 0 bridgehead atoms. The summed E-state index contributed by atoms with van der Waals surface area (Å²) in [7, 11) is -2.10. The Morgan fingerprint density at radius 3 is 2.71 bits per heavy atom. The number of anilines is 1. The number of fused-ring (bicyclic) bond motifs is 2. The van der Waals surface area contributed by atoms with Crippen LogP contribution < -0.4 is 9.62 Å². The number of ether oxygens (including phenoxy) is 1. The molecule has 1 aliphatic rings. The molecule has 0 saturated heterocycles. The summed E-state index contributed by atoms with van der Waals surface area (Å²) in [5.41, 5.74) is 2.33. The highest BCUT2D eigenvalue weighted by Crippen LogP contribution is 2.40. The van der Waals surface area contributed by atoms with Gasteiger partial charge in [-0.05, 0) is 62.6 Å². The summed E-state index contributed by atoms with van der Waals surface area (Å²) >= 11 is 6.14. The number of para-hydroxylation sites is 1. The van der Waals surface area contributed by atoms with E-state index in [9.17, 15) is 8.42 Å². The third kappa shape index (κ3) is 4.20. The zero-order chi connectivity index (χ0) is 20.3. The van der Waals surface area contributed by atoms with Gasteiger partial charge < -0.3 is 10.1 Å². The SMILES string of the molecule is CCOC(C)CCCNC1c2ccccc2N(C)S(=O)(=O)c2cc(Cl)ccc21. The smallest absolute Gasteiger partial charge is 0.264 e. The second-order valence-corrected chi connectivity index (χ2v) is 9.38. The van der Waals surface area contributed by atoms with E-state index in [2.05, 4.69) is 12.2 Å². The molecule has 152 valence electrons. The van der Waals surface area contributed by atoms with E-state index in [4.69, 9.17) is 16.3 Å². The lowest BCUT2D eigenvalue weighted by Crippen LogP contribution is -2.26. The van der Waals surface area contributed by atoms with Gasteiger partial charge in [0.2, 0.25) is 0 Å². The van der Waals surface area contributed by atoms with Gasteiger partial charge in [0.15, 0.2) is 0 Å². The summed E-state index contributed by atoms with van der Waals surface area (Å²) in [6.07, 6.45) is 2.09. The van der Waals surface area contributed by atoms with E-state index in [-0.39, 0.29) is 17.0 Å². The van der Waals surface area contributed by atoms with E-state index in [1.54, 1.807) is 19.2 Å². The summed E-state index contributed by atoms with van der Waals surface area (Å²) in [5, 5.41) is 3.97. The van der Waals surface area contributed by atoms with Crippen molar-refractivity contribution in [2.24, 2.45) is 0 Å². The zero-order valence-electron chi connectivity index (χ0n) is 16.5. The molecule has 0 amide bonds. The molecule has 1 N–H and O–H groups in total. The normalized spacial score (nSPS) is 18.9. The minimum atomic E-state index is -3.69. The van der Waals surface area contributed by atoms with Crippen LogP contribution >= 0.6 is 11.6 Å². The highest BCUT2D eigenvalue weighted by molar-refractivity contribution is 7.92. The third-order valence-corrected chi connectivity index (χ3v) is 7.16. The Bertz CT molecular complexity index is 933. The third-order valence-electron chi connectivity index (χ3n) is 5.10. The van der Waals surface area contributed by atoms with Crippen LogP contribution in [0.15, 0.2) is 47.4 Å². The molecule has 0 fully saturated rings. The minimum absolute atomic E-state index is 0.214. The van der Waals surface area contributed by atoms with Crippen molar-refractivity contribution in [3.63, 3.8) is 0 Å². The molecular weight excluding hydrogens is 396 g/mol. The van der Waals surface area contributed by atoms with E-state index < -0.39 is 10.0 Å². The number of sulfonamides is 1. The van der Waals surface area contributed by atoms with Gasteiger partial charge in [-0.15, -0.1) is 0 Å². The van der Waals surface area contributed by atoms with Crippen LogP contribution in [-0.2, 0) is 14.8 Å². The fourth-order valence-electron chi connectivity index (χ4n) is 3.66.